The molecule has 0 radical (unpaired) electrons. The van der Waals surface area contributed by atoms with Crippen LogP contribution in [0.5, 0.6) is 0 Å². The van der Waals surface area contributed by atoms with E-state index in [0.29, 0.717) is 5.92 Å². The van der Waals surface area contributed by atoms with Crippen LogP contribution in [0.4, 0.5) is 0 Å². The summed E-state index contributed by atoms with van der Waals surface area (Å²) in [7, 11) is 0. The van der Waals surface area contributed by atoms with Crippen molar-refractivity contribution < 1.29 is 9.53 Å². The Bertz CT molecular complexity index is 335. The summed E-state index contributed by atoms with van der Waals surface area (Å²) >= 11 is 0. The molecule has 0 aliphatic heterocycles. The largest absolute Gasteiger partial charge is 0.463 e. The molecular formula is C16H26O2. The summed E-state index contributed by atoms with van der Waals surface area (Å²) in [5.41, 5.74) is 2.92. The van der Waals surface area contributed by atoms with Crippen molar-refractivity contribution in [1.82, 2.24) is 0 Å². The number of hydrogen-bond acceptors (Lipinski definition) is 2. The SMILES string of the molecule is CC(=O)O[C@@H](C)[C@H]1CCC=C(CCC=C(C)C)C1. The molecule has 2 heteroatoms. The fourth-order valence-corrected chi connectivity index (χ4v) is 2.53. The van der Waals surface area contributed by atoms with Crippen molar-refractivity contribution in [3.05, 3.63) is 23.3 Å². The van der Waals surface area contributed by atoms with Gasteiger partial charge in [-0.3, -0.25) is 4.79 Å². The van der Waals surface area contributed by atoms with Gasteiger partial charge >= 0.3 is 5.97 Å². The van der Waals surface area contributed by atoms with Crippen molar-refractivity contribution in [1.29, 1.82) is 0 Å². The van der Waals surface area contributed by atoms with Gasteiger partial charge < -0.3 is 4.74 Å². The third kappa shape index (κ3) is 5.52. The molecule has 0 saturated heterocycles. The van der Waals surface area contributed by atoms with Gasteiger partial charge in [-0.05, 0) is 58.8 Å². The Balaban J connectivity index is 2.42. The minimum absolute atomic E-state index is 0.0506. The van der Waals surface area contributed by atoms with Crippen LogP contribution in [0.2, 0.25) is 0 Å². The van der Waals surface area contributed by atoms with Crippen LogP contribution in [0.1, 0.15) is 59.8 Å². The molecule has 2 nitrogen and oxygen atoms in total. The summed E-state index contributed by atoms with van der Waals surface area (Å²) in [5, 5.41) is 0. The van der Waals surface area contributed by atoms with Crippen LogP contribution >= 0.6 is 0 Å². The van der Waals surface area contributed by atoms with Gasteiger partial charge in [0.05, 0.1) is 0 Å². The van der Waals surface area contributed by atoms with Gasteiger partial charge in [0.2, 0.25) is 0 Å². The van der Waals surface area contributed by atoms with Gasteiger partial charge in [0, 0.05) is 6.92 Å². The molecular weight excluding hydrogens is 224 g/mol. The van der Waals surface area contributed by atoms with Crippen LogP contribution in [0, 0.1) is 5.92 Å². The first kappa shape index (κ1) is 15.0. The maximum Gasteiger partial charge on any atom is 0.302 e. The Morgan fingerprint density at radius 3 is 2.83 bits per heavy atom. The number of allylic oxidation sites excluding steroid dienone is 4. The molecule has 0 bridgehead atoms. The second-order valence-electron chi connectivity index (χ2n) is 5.54. The minimum atomic E-state index is -0.164. The van der Waals surface area contributed by atoms with Crippen LogP contribution in [0.15, 0.2) is 23.3 Å². The maximum absolute atomic E-state index is 11.0. The van der Waals surface area contributed by atoms with Crippen LogP contribution in [0.3, 0.4) is 0 Å². The van der Waals surface area contributed by atoms with Gasteiger partial charge in [0.25, 0.3) is 0 Å². The monoisotopic (exact) mass is 250 g/mol. The van der Waals surface area contributed by atoms with E-state index in [0.717, 1.165) is 32.1 Å². The second-order valence-corrected chi connectivity index (χ2v) is 5.54. The molecule has 0 aromatic heterocycles. The highest BCUT2D eigenvalue weighted by molar-refractivity contribution is 5.66. The van der Waals surface area contributed by atoms with E-state index in [1.54, 1.807) is 0 Å². The highest BCUT2D eigenvalue weighted by Gasteiger charge is 2.23. The molecule has 0 unspecified atom stereocenters. The zero-order chi connectivity index (χ0) is 13.5. The summed E-state index contributed by atoms with van der Waals surface area (Å²) in [5.74, 6) is 0.337. The molecule has 1 aliphatic rings. The standard InChI is InChI=1S/C16H26O2/c1-12(2)7-5-8-15-9-6-10-16(11-15)13(3)18-14(4)17/h7,9,13,16H,5-6,8,10-11H2,1-4H3/t13-,16-/m0/s1. The van der Waals surface area contributed by atoms with Crippen LogP contribution in [-0.2, 0) is 9.53 Å². The van der Waals surface area contributed by atoms with E-state index in [2.05, 4.69) is 26.0 Å². The molecule has 1 aliphatic carbocycles. The lowest BCUT2D eigenvalue weighted by atomic mass is 9.84. The van der Waals surface area contributed by atoms with Gasteiger partial charge in [-0.2, -0.15) is 0 Å². The molecule has 0 aromatic carbocycles. The van der Waals surface area contributed by atoms with Gasteiger partial charge in [0.1, 0.15) is 6.10 Å². The lowest BCUT2D eigenvalue weighted by Gasteiger charge is -2.27. The number of carbonyl (C=O) groups excluding carboxylic acids is 1. The van der Waals surface area contributed by atoms with Crippen molar-refractivity contribution >= 4 is 5.97 Å². The molecule has 0 amide bonds. The molecule has 0 heterocycles. The highest BCUT2D eigenvalue weighted by atomic mass is 16.5. The van der Waals surface area contributed by atoms with Crippen molar-refractivity contribution in [3.8, 4) is 0 Å². The Kier molecular flexibility index (Phi) is 6.17. The van der Waals surface area contributed by atoms with Gasteiger partial charge in [-0.15, -0.1) is 0 Å². The van der Waals surface area contributed by atoms with Gasteiger partial charge in [-0.1, -0.05) is 23.3 Å². The molecule has 18 heavy (non-hydrogen) atoms. The first-order chi connectivity index (χ1) is 8.49. The smallest absolute Gasteiger partial charge is 0.302 e. The number of esters is 1. The lowest BCUT2D eigenvalue weighted by Crippen LogP contribution is -2.25. The lowest BCUT2D eigenvalue weighted by molar-refractivity contribution is -0.148. The average molecular weight is 250 g/mol. The molecule has 0 saturated carbocycles. The summed E-state index contributed by atoms with van der Waals surface area (Å²) in [6, 6.07) is 0. The summed E-state index contributed by atoms with van der Waals surface area (Å²) < 4.78 is 5.30. The molecule has 0 spiro atoms. The van der Waals surface area contributed by atoms with Crippen molar-refractivity contribution in [2.75, 3.05) is 0 Å². The van der Waals surface area contributed by atoms with E-state index in [1.165, 1.54) is 18.1 Å². The fraction of sp³-hybridized carbons (Fsp3) is 0.688. The number of rotatable bonds is 5. The predicted octanol–water partition coefficient (Wildman–Crippen LogP) is 4.41. The zero-order valence-corrected chi connectivity index (χ0v) is 12.2. The van der Waals surface area contributed by atoms with Crippen LogP contribution < -0.4 is 0 Å². The van der Waals surface area contributed by atoms with Crippen molar-refractivity contribution in [2.45, 2.75) is 65.9 Å². The third-order valence-electron chi connectivity index (χ3n) is 3.53. The number of carbonyl (C=O) groups is 1. The first-order valence-corrected chi connectivity index (χ1v) is 6.97. The van der Waals surface area contributed by atoms with Crippen molar-refractivity contribution in [3.63, 3.8) is 0 Å². The van der Waals surface area contributed by atoms with Crippen LogP contribution in [0.25, 0.3) is 0 Å². The van der Waals surface area contributed by atoms with E-state index < -0.39 is 0 Å². The fourth-order valence-electron chi connectivity index (χ4n) is 2.53. The van der Waals surface area contributed by atoms with Gasteiger partial charge in [0.15, 0.2) is 0 Å². The minimum Gasteiger partial charge on any atom is -0.463 e. The summed E-state index contributed by atoms with van der Waals surface area (Å²) in [6.07, 6.45) is 10.3. The summed E-state index contributed by atoms with van der Waals surface area (Å²) in [4.78, 5) is 11.0. The second kappa shape index (κ2) is 7.40. The molecule has 0 N–H and O–H groups in total. The Labute approximate surface area is 111 Å². The summed E-state index contributed by atoms with van der Waals surface area (Å²) in [6.45, 7) is 7.79. The number of ether oxygens (including phenoxy) is 1. The normalized spacial score (nSPS) is 20.9. The maximum atomic E-state index is 11.0. The molecule has 1 rings (SSSR count). The quantitative estimate of drug-likeness (QED) is 0.533. The molecule has 0 aromatic rings. The first-order valence-electron chi connectivity index (χ1n) is 6.97. The van der Waals surface area contributed by atoms with E-state index in [-0.39, 0.29) is 12.1 Å². The third-order valence-corrected chi connectivity index (χ3v) is 3.53. The number of hydrogen-bond donors (Lipinski definition) is 0. The Morgan fingerprint density at radius 2 is 2.22 bits per heavy atom. The van der Waals surface area contributed by atoms with E-state index in [9.17, 15) is 4.79 Å². The molecule has 0 fully saturated rings. The molecule has 102 valence electrons. The molecule has 2 atom stereocenters. The highest BCUT2D eigenvalue weighted by Crippen LogP contribution is 2.30. The average Bonchev–Trinajstić information content (AvgIpc) is 2.28. The van der Waals surface area contributed by atoms with E-state index >= 15 is 0 Å². The van der Waals surface area contributed by atoms with Crippen molar-refractivity contribution in [2.24, 2.45) is 5.92 Å². The Morgan fingerprint density at radius 1 is 1.50 bits per heavy atom. The van der Waals surface area contributed by atoms with E-state index in [4.69, 9.17) is 4.74 Å². The Hall–Kier alpha value is -1.05. The van der Waals surface area contributed by atoms with Gasteiger partial charge in [-0.25, -0.2) is 0 Å². The zero-order valence-electron chi connectivity index (χ0n) is 12.2. The van der Waals surface area contributed by atoms with E-state index in [1.807, 2.05) is 6.92 Å². The predicted molar refractivity (Wildman–Crippen MR) is 75.3 cm³/mol. The topological polar surface area (TPSA) is 26.3 Å². The van der Waals surface area contributed by atoms with Crippen LogP contribution in [-0.4, -0.2) is 12.1 Å².